The Labute approximate surface area is 123 Å². The lowest BCUT2D eigenvalue weighted by atomic mass is 10.1. The first-order valence-corrected chi connectivity index (χ1v) is 6.68. The van der Waals surface area contributed by atoms with E-state index < -0.39 is 0 Å². The van der Waals surface area contributed by atoms with Crippen molar-refractivity contribution in [2.75, 3.05) is 12.4 Å². The van der Waals surface area contributed by atoms with Gasteiger partial charge in [0.1, 0.15) is 0 Å². The molecule has 104 valence electrons. The van der Waals surface area contributed by atoms with Crippen molar-refractivity contribution in [2.24, 2.45) is 0 Å². The van der Waals surface area contributed by atoms with Crippen LogP contribution in [0.15, 0.2) is 42.6 Å². The third kappa shape index (κ3) is 3.27. The van der Waals surface area contributed by atoms with E-state index in [2.05, 4.69) is 15.6 Å². The number of rotatable bonds is 4. The number of halogens is 1. The average Bonchev–Trinajstić information content (AvgIpc) is 2.48. The minimum absolute atomic E-state index is 0.174. The van der Waals surface area contributed by atoms with Crippen LogP contribution in [-0.2, 0) is 0 Å². The van der Waals surface area contributed by atoms with Crippen LogP contribution in [0.4, 0.5) is 5.69 Å². The van der Waals surface area contributed by atoms with Gasteiger partial charge in [0.25, 0.3) is 5.91 Å². The first kappa shape index (κ1) is 14.3. The van der Waals surface area contributed by atoms with E-state index in [-0.39, 0.29) is 11.9 Å². The van der Waals surface area contributed by atoms with Crippen LogP contribution < -0.4 is 10.6 Å². The zero-order valence-corrected chi connectivity index (χ0v) is 12.1. The summed E-state index contributed by atoms with van der Waals surface area (Å²) < 4.78 is 0. The lowest BCUT2D eigenvalue weighted by molar-refractivity contribution is 0.0940. The molecule has 2 rings (SSSR count). The second kappa shape index (κ2) is 6.39. The van der Waals surface area contributed by atoms with E-state index in [0.717, 1.165) is 11.4 Å². The van der Waals surface area contributed by atoms with Crippen LogP contribution in [0.25, 0.3) is 0 Å². The minimum atomic E-state index is -0.185. The monoisotopic (exact) mass is 289 g/mol. The number of hydrogen-bond donors (Lipinski definition) is 2. The molecule has 2 N–H and O–H groups in total. The molecule has 0 aliphatic heterocycles. The molecule has 1 unspecified atom stereocenters. The number of carbonyl (C=O) groups is 1. The van der Waals surface area contributed by atoms with Crippen molar-refractivity contribution in [3.63, 3.8) is 0 Å². The summed E-state index contributed by atoms with van der Waals surface area (Å²) in [6.45, 7) is 1.89. The van der Waals surface area contributed by atoms with E-state index in [1.807, 2.05) is 25.1 Å². The first-order chi connectivity index (χ1) is 9.61. The Morgan fingerprint density at radius 2 is 2.10 bits per heavy atom. The van der Waals surface area contributed by atoms with Gasteiger partial charge >= 0.3 is 0 Å². The summed E-state index contributed by atoms with van der Waals surface area (Å²) >= 11 is 5.95. The van der Waals surface area contributed by atoms with Gasteiger partial charge in [-0.25, -0.2) is 0 Å². The van der Waals surface area contributed by atoms with Crippen LogP contribution in [0.1, 0.15) is 29.0 Å². The molecule has 20 heavy (non-hydrogen) atoms. The fourth-order valence-corrected chi connectivity index (χ4v) is 2.07. The number of nitrogens with one attached hydrogen (secondary N) is 2. The van der Waals surface area contributed by atoms with Gasteiger partial charge in [0.15, 0.2) is 0 Å². The highest BCUT2D eigenvalue weighted by molar-refractivity contribution is 6.31. The van der Waals surface area contributed by atoms with Crippen LogP contribution in [-0.4, -0.2) is 17.9 Å². The number of benzene rings is 1. The first-order valence-electron chi connectivity index (χ1n) is 6.31. The molecule has 0 aliphatic rings. The molecule has 0 aliphatic carbocycles. The maximum Gasteiger partial charge on any atom is 0.253 e. The van der Waals surface area contributed by atoms with E-state index in [0.29, 0.717) is 10.6 Å². The molecule has 1 aromatic carbocycles. The maximum absolute atomic E-state index is 12.3. The average molecular weight is 290 g/mol. The van der Waals surface area contributed by atoms with Gasteiger partial charge in [-0.1, -0.05) is 17.7 Å². The quantitative estimate of drug-likeness (QED) is 0.908. The molecule has 0 fully saturated rings. The Morgan fingerprint density at radius 3 is 2.75 bits per heavy atom. The van der Waals surface area contributed by atoms with Crippen molar-refractivity contribution in [2.45, 2.75) is 13.0 Å². The topological polar surface area (TPSA) is 54.0 Å². The number of nitrogens with zero attached hydrogens (tertiary/aromatic N) is 1. The van der Waals surface area contributed by atoms with Gasteiger partial charge in [0, 0.05) is 24.0 Å². The van der Waals surface area contributed by atoms with Gasteiger partial charge in [-0.3, -0.25) is 9.78 Å². The van der Waals surface area contributed by atoms with Crippen LogP contribution in [0, 0.1) is 0 Å². The standard InChI is InChI=1S/C15H16ClN3O/c1-10(13-5-3-4-8-18-13)19-15(20)12-9-11(16)6-7-14(12)17-2/h3-10,17H,1-2H3,(H,19,20). The number of pyridine rings is 1. The molecule has 4 nitrogen and oxygen atoms in total. The summed E-state index contributed by atoms with van der Waals surface area (Å²) in [5, 5.41) is 6.42. The van der Waals surface area contributed by atoms with E-state index >= 15 is 0 Å². The Kier molecular flexibility index (Phi) is 4.58. The molecule has 1 amide bonds. The predicted molar refractivity (Wildman–Crippen MR) is 81.1 cm³/mol. The Hall–Kier alpha value is -2.07. The van der Waals surface area contributed by atoms with Crippen molar-refractivity contribution in [1.29, 1.82) is 0 Å². The molecule has 0 bridgehead atoms. The second-order valence-electron chi connectivity index (χ2n) is 4.39. The highest BCUT2D eigenvalue weighted by Crippen LogP contribution is 2.21. The summed E-state index contributed by atoms with van der Waals surface area (Å²) in [7, 11) is 1.77. The largest absolute Gasteiger partial charge is 0.387 e. The summed E-state index contributed by atoms with van der Waals surface area (Å²) in [6, 6.07) is 10.6. The minimum Gasteiger partial charge on any atom is -0.387 e. The molecule has 0 spiro atoms. The van der Waals surface area contributed by atoms with E-state index in [1.54, 1.807) is 31.4 Å². The summed E-state index contributed by atoms with van der Waals surface area (Å²) in [6.07, 6.45) is 1.70. The molecule has 1 atom stereocenters. The SMILES string of the molecule is CNc1ccc(Cl)cc1C(=O)NC(C)c1ccccn1. The molecule has 0 saturated carbocycles. The third-order valence-electron chi connectivity index (χ3n) is 2.97. The van der Waals surface area contributed by atoms with Gasteiger partial charge in [0.05, 0.1) is 17.3 Å². The smallest absolute Gasteiger partial charge is 0.253 e. The Balaban J connectivity index is 2.18. The number of carbonyl (C=O) groups excluding carboxylic acids is 1. The number of anilines is 1. The van der Waals surface area contributed by atoms with Crippen molar-refractivity contribution in [3.05, 3.63) is 58.9 Å². The highest BCUT2D eigenvalue weighted by Gasteiger charge is 2.15. The number of amides is 1. The van der Waals surface area contributed by atoms with Gasteiger partial charge in [-0.05, 0) is 37.3 Å². The van der Waals surface area contributed by atoms with Crippen LogP contribution in [0.2, 0.25) is 5.02 Å². The molecule has 1 heterocycles. The van der Waals surface area contributed by atoms with E-state index in [4.69, 9.17) is 11.6 Å². The Morgan fingerprint density at radius 1 is 1.30 bits per heavy atom. The van der Waals surface area contributed by atoms with Crippen molar-refractivity contribution < 1.29 is 4.79 Å². The van der Waals surface area contributed by atoms with Gasteiger partial charge in [0.2, 0.25) is 0 Å². The molecule has 5 heteroatoms. The van der Waals surface area contributed by atoms with Gasteiger partial charge in [-0.15, -0.1) is 0 Å². The molecular formula is C15H16ClN3O. The van der Waals surface area contributed by atoms with Gasteiger partial charge in [-0.2, -0.15) is 0 Å². The normalized spacial score (nSPS) is 11.8. The predicted octanol–water partition coefficient (Wildman–Crippen LogP) is 3.27. The summed E-state index contributed by atoms with van der Waals surface area (Å²) in [4.78, 5) is 16.6. The zero-order valence-electron chi connectivity index (χ0n) is 11.4. The van der Waals surface area contributed by atoms with Crippen molar-refractivity contribution >= 4 is 23.2 Å². The van der Waals surface area contributed by atoms with Crippen LogP contribution >= 0.6 is 11.6 Å². The number of aromatic nitrogens is 1. The third-order valence-corrected chi connectivity index (χ3v) is 3.21. The lowest BCUT2D eigenvalue weighted by Gasteiger charge is -2.15. The summed E-state index contributed by atoms with van der Waals surface area (Å²) in [5.41, 5.74) is 2.07. The zero-order chi connectivity index (χ0) is 14.5. The lowest BCUT2D eigenvalue weighted by Crippen LogP contribution is -2.27. The van der Waals surface area contributed by atoms with Crippen molar-refractivity contribution in [1.82, 2.24) is 10.3 Å². The summed E-state index contributed by atoms with van der Waals surface area (Å²) in [5.74, 6) is -0.185. The second-order valence-corrected chi connectivity index (χ2v) is 4.83. The van der Waals surface area contributed by atoms with Gasteiger partial charge < -0.3 is 10.6 Å². The fraction of sp³-hybridized carbons (Fsp3) is 0.200. The highest BCUT2D eigenvalue weighted by atomic mass is 35.5. The maximum atomic E-state index is 12.3. The van der Waals surface area contributed by atoms with Crippen LogP contribution in [0.3, 0.4) is 0 Å². The van der Waals surface area contributed by atoms with Crippen molar-refractivity contribution in [3.8, 4) is 0 Å². The molecular weight excluding hydrogens is 274 g/mol. The van der Waals surface area contributed by atoms with E-state index in [1.165, 1.54) is 0 Å². The molecule has 1 aromatic heterocycles. The Bertz CT molecular complexity index is 601. The fourth-order valence-electron chi connectivity index (χ4n) is 1.90. The molecule has 0 saturated heterocycles. The van der Waals surface area contributed by atoms with E-state index in [9.17, 15) is 4.79 Å². The number of hydrogen-bond acceptors (Lipinski definition) is 3. The molecule has 2 aromatic rings. The molecule has 0 radical (unpaired) electrons. The van der Waals surface area contributed by atoms with Crippen LogP contribution in [0.5, 0.6) is 0 Å².